The first-order valence-electron chi connectivity index (χ1n) is 6.19. The Morgan fingerprint density at radius 1 is 1.15 bits per heavy atom. The third-order valence-corrected chi connectivity index (χ3v) is 3.87. The minimum absolute atomic E-state index is 0.0388. The molecule has 0 aliphatic carbocycles. The number of urea groups is 1. The van der Waals surface area contributed by atoms with E-state index in [1.165, 1.54) is 11.0 Å². The maximum absolute atomic E-state index is 12.2. The number of amides is 3. The van der Waals surface area contributed by atoms with Crippen LogP contribution in [0.25, 0.3) is 0 Å². The maximum Gasteiger partial charge on any atom is 0.319 e. The second-order valence-electron chi connectivity index (χ2n) is 4.80. The molecule has 1 aromatic heterocycles. The van der Waals surface area contributed by atoms with Gasteiger partial charge in [-0.15, -0.1) is 0 Å². The lowest BCUT2D eigenvalue weighted by atomic mass is 10.3. The van der Waals surface area contributed by atoms with Crippen LogP contribution < -0.4 is 0 Å². The SMILES string of the molecule is CN(C)C(=O)N1CCN(C(=O)c2cc(Cl)c(Cl)[nH]2)CC1. The minimum atomic E-state index is -0.157. The van der Waals surface area contributed by atoms with Gasteiger partial charge in [-0.2, -0.15) is 0 Å². The predicted molar refractivity (Wildman–Crippen MR) is 77.4 cm³/mol. The van der Waals surface area contributed by atoms with Crippen molar-refractivity contribution < 1.29 is 9.59 Å². The number of piperazine rings is 1. The molecule has 0 radical (unpaired) electrons. The number of hydrogen-bond acceptors (Lipinski definition) is 2. The smallest absolute Gasteiger partial charge is 0.319 e. The van der Waals surface area contributed by atoms with Crippen molar-refractivity contribution in [2.45, 2.75) is 0 Å². The van der Waals surface area contributed by atoms with Gasteiger partial charge in [-0.3, -0.25) is 4.79 Å². The van der Waals surface area contributed by atoms with Gasteiger partial charge in [0.15, 0.2) is 0 Å². The second kappa shape index (κ2) is 5.93. The fourth-order valence-electron chi connectivity index (χ4n) is 2.07. The zero-order valence-electron chi connectivity index (χ0n) is 11.3. The number of carbonyl (C=O) groups excluding carboxylic acids is 2. The van der Waals surface area contributed by atoms with E-state index < -0.39 is 0 Å². The number of rotatable bonds is 1. The van der Waals surface area contributed by atoms with Crippen LogP contribution in [-0.2, 0) is 0 Å². The molecular formula is C12H16Cl2N4O2. The molecule has 2 heterocycles. The molecule has 0 aromatic carbocycles. The lowest BCUT2D eigenvalue weighted by Gasteiger charge is -2.35. The Morgan fingerprint density at radius 3 is 2.15 bits per heavy atom. The third-order valence-electron chi connectivity index (χ3n) is 3.18. The fraction of sp³-hybridized carbons (Fsp3) is 0.500. The van der Waals surface area contributed by atoms with Crippen molar-refractivity contribution in [3.63, 3.8) is 0 Å². The zero-order chi connectivity index (χ0) is 14.9. The molecular weight excluding hydrogens is 303 g/mol. The van der Waals surface area contributed by atoms with Crippen LogP contribution >= 0.6 is 23.2 Å². The minimum Gasteiger partial charge on any atom is -0.340 e. The molecule has 1 fully saturated rings. The van der Waals surface area contributed by atoms with Crippen LogP contribution in [0.5, 0.6) is 0 Å². The molecule has 1 aliphatic rings. The summed E-state index contributed by atoms with van der Waals surface area (Å²) in [6, 6.07) is 1.48. The largest absolute Gasteiger partial charge is 0.340 e. The Kier molecular flexibility index (Phi) is 4.45. The normalized spacial score (nSPS) is 15.4. The van der Waals surface area contributed by atoms with Crippen LogP contribution in [-0.4, -0.2) is 71.9 Å². The Morgan fingerprint density at radius 2 is 1.70 bits per heavy atom. The van der Waals surface area contributed by atoms with E-state index in [4.69, 9.17) is 23.2 Å². The summed E-state index contributed by atoms with van der Waals surface area (Å²) in [5.74, 6) is -0.157. The van der Waals surface area contributed by atoms with Crippen LogP contribution in [0.2, 0.25) is 10.2 Å². The lowest BCUT2D eigenvalue weighted by Crippen LogP contribution is -2.52. The molecule has 20 heavy (non-hydrogen) atoms. The zero-order valence-corrected chi connectivity index (χ0v) is 12.8. The highest BCUT2D eigenvalue weighted by molar-refractivity contribution is 6.41. The highest BCUT2D eigenvalue weighted by atomic mass is 35.5. The molecule has 0 saturated carbocycles. The Labute approximate surface area is 127 Å². The van der Waals surface area contributed by atoms with E-state index >= 15 is 0 Å². The summed E-state index contributed by atoms with van der Waals surface area (Å²) in [5, 5.41) is 0.591. The summed E-state index contributed by atoms with van der Waals surface area (Å²) in [5.41, 5.74) is 0.368. The number of carbonyl (C=O) groups is 2. The van der Waals surface area contributed by atoms with Crippen molar-refractivity contribution in [1.82, 2.24) is 19.7 Å². The van der Waals surface area contributed by atoms with Crippen LogP contribution in [0, 0.1) is 0 Å². The molecule has 1 aliphatic heterocycles. The van der Waals surface area contributed by atoms with Crippen molar-refractivity contribution in [2.24, 2.45) is 0 Å². The van der Waals surface area contributed by atoms with E-state index in [2.05, 4.69) is 4.98 Å². The first-order valence-corrected chi connectivity index (χ1v) is 6.95. The van der Waals surface area contributed by atoms with Gasteiger partial charge in [0, 0.05) is 40.3 Å². The summed E-state index contributed by atoms with van der Waals surface area (Å²) >= 11 is 11.6. The van der Waals surface area contributed by atoms with Gasteiger partial charge >= 0.3 is 6.03 Å². The van der Waals surface area contributed by atoms with E-state index in [0.29, 0.717) is 36.9 Å². The third kappa shape index (κ3) is 3.02. The highest BCUT2D eigenvalue weighted by Gasteiger charge is 2.26. The standard InChI is InChI=1S/C12H16Cl2N4O2/c1-16(2)12(20)18-5-3-17(4-6-18)11(19)9-7-8(13)10(14)15-9/h7,15H,3-6H2,1-2H3. The van der Waals surface area contributed by atoms with Gasteiger partial charge in [-0.1, -0.05) is 23.2 Å². The fourth-order valence-corrected chi connectivity index (χ4v) is 2.39. The van der Waals surface area contributed by atoms with Gasteiger partial charge < -0.3 is 19.7 Å². The molecule has 1 saturated heterocycles. The number of aromatic amines is 1. The van der Waals surface area contributed by atoms with Gasteiger partial charge in [0.05, 0.1) is 5.02 Å². The summed E-state index contributed by atoms with van der Waals surface area (Å²) in [7, 11) is 3.42. The molecule has 1 N–H and O–H groups in total. The van der Waals surface area contributed by atoms with Gasteiger partial charge in [-0.25, -0.2) is 4.79 Å². The second-order valence-corrected chi connectivity index (χ2v) is 5.59. The molecule has 8 heteroatoms. The van der Waals surface area contributed by atoms with Crippen molar-refractivity contribution >= 4 is 35.1 Å². The molecule has 0 atom stereocenters. The number of nitrogens with one attached hydrogen (secondary N) is 1. The Bertz CT molecular complexity index is 502. The first kappa shape index (κ1) is 15.0. The van der Waals surface area contributed by atoms with Gasteiger partial charge in [0.2, 0.25) is 0 Å². The van der Waals surface area contributed by atoms with Crippen molar-refractivity contribution in [3.8, 4) is 0 Å². The molecule has 0 unspecified atom stereocenters. The van der Waals surface area contributed by atoms with Crippen LogP contribution in [0.1, 0.15) is 10.5 Å². The number of hydrogen-bond donors (Lipinski definition) is 1. The molecule has 6 nitrogen and oxygen atoms in total. The van der Waals surface area contributed by atoms with Crippen LogP contribution in [0.3, 0.4) is 0 Å². The molecule has 0 spiro atoms. The molecule has 1 aromatic rings. The average molecular weight is 319 g/mol. The van der Waals surface area contributed by atoms with E-state index in [1.807, 2.05) is 0 Å². The van der Waals surface area contributed by atoms with Gasteiger partial charge in [0.1, 0.15) is 10.8 Å². The van der Waals surface area contributed by atoms with Crippen LogP contribution in [0.15, 0.2) is 6.07 Å². The maximum atomic E-state index is 12.2. The Balaban J connectivity index is 1.97. The van der Waals surface area contributed by atoms with Crippen LogP contribution in [0.4, 0.5) is 4.79 Å². The van der Waals surface area contributed by atoms with Crippen molar-refractivity contribution in [1.29, 1.82) is 0 Å². The molecule has 3 amide bonds. The molecule has 0 bridgehead atoms. The quantitative estimate of drug-likeness (QED) is 0.857. The van der Waals surface area contributed by atoms with Gasteiger partial charge in [-0.05, 0) is 6.07 Å². The summed E-state index contributed by atoms with van der Waals surface area (Å²) in [6.07, 6.45) is 0. The van der Waals surface area contributed by atoms with E-state index in [9.17, 15) is 9.59 Å². The molecule has 110 valence electrons. The van der Waals surface area contributed by atoms with E-state index in [0.717, 1.165) is 0 Å². The van der Waals surface area contributed by atoms with E-state index in [-0.39, 0.29) is 17.1 Å². The number of H-pyrrole nitrogens is 1. The van der Waals surface area contributed by atoms with Gasteiger partial charge in [0.25, 0.3) is 5.91 Å². The number of aromatic nitrogens is 1. The highest BCUT2D eigenvalue weighted by Crippen LogP contribution is 2.23. The number of nitrogens with zero attached hydrogens (tertiary/aromatic N) is 3. The Hall–Kier alpha value is -1.40. The summed E-state index contributed by atoms with van der Waals surface area (Å²) in [4.78, 5) is 31.7. The van der Waals surface area contributed by atoms with Crippen molar-refractivity contribution in [3.05, 3.63) is 21.9 Å². The lowest BCUT2D eigenvalue weighted by molar-refractivity contribution is 0.0645. The monoisotopic (exact) mass is 318 g/mol. The molecule has 2 rings (SSSR count). The summed E-state index contributed by atoms with van der Waals surface area (Å²) < 4.78 is 0. The number of halogens is 2. The average Bonchev–Trinajstić information content (AvgIpc) is 2.77. The first-order chi connectivity index (χ1) is 9.40. The summed E-state index contributed by atoms with van der Waals surface area (Å²) in [6.45, 7) is 2.02. The topological polar surface area (TPSA) is 59.7 Å². The predicted octanol–water partition coefficient (Wildman–Crippen LogP) is 1.76. The van der Waals surface area contributed by atoms with Crippen molar-refractivity contribution in [2.75, 3.05) is 40.3 Å². The van der Waals surface area contributed by atoms with E-state index in [1.54, 1.807) is 23.9 Å².